The number of amides is 1. The maximum absolute atomic E-state index is 12.0. The molecule has 1 aromatic heterocycles. The minimum atomic E-state index is 0.159. The van der Waals surface area contributed by atoms with Crippen molar-refractivity contribution in [2.45, 2.75) is 23.8 Å². The summed E-state index contributed by atoms with van der Waals surface area (Å²) >= 11 is 2.91. The molecule has 94 valence electrons. The molecular formula is C10H15N3O2S2. The predicted molar refractivity (Wildman–Crippen MR) is 67.2 cm³/mol. The highest BCUT2D eigenvalue weighted by molar-refractivity contribution is 8.01. The molecule has 0 N–H and O–H groups in total. The number of carbonyl (C=O) groups excluding carboxylic acids is 1. The number of hydrogen-bond donors (Lipinski definition) is 0. The van der Waals surface area contributed by atoms with Crippen molar-refractivity contribution in [3.8, 4) is 0 Å². The smallest absolute Gasteiger partial charge is 0.233 e. The molecule has 0 radical (unpaired) electrons. The summed E-state index contributed by atoms with van der Waals surface area (Å²) in [5.74, 6) is 0.595. The first-order chi connectivity index (χ1) is 8.29. The molecule has 1 aliphatic heterocycles. The summed E-state index contributed by atoms with van der Waals surface area (Å²) in [7, 11) is 0. The number of thioether (sulfide) groups is 1. The summed E-state index contributed by atoms with van der Waals surface area (Å²) in [6.45, 7) is 4.14. The fourth-order valence-electron chi connectivity index (χ4n) is 1.63. The number of ether oxygens (including phenoxy) is 1. The van der Waals surface area contributed by atoms with Gasteiger partial charge in [0, 0.05) is 13.1 Å². The molecule has 0 aromatic carbocycles. The van der Waals surface area contributed by atoms with Crippen LogP contribution in [0, 0.1) is 0 Å². The lowest BCUT2D eigenvalue weighted by atomic mass is 10.2. The molecule has 0 saturated carbocycles. The molecule has 2 heterocycles. The van der Waals surface area contributed by atoms with E-state index in [9.17, 15) is 4.79 Å². The van der Waals surface area contributed by atoms with Crippen LogP contribution in [0.25, 0.3) is 0 Å². The summed E-state index contributed by atoms with van der Waals surface area (Å²) in [5.41, 5.74) is 1.68. The van der Waals surface area contributed by atoms with E-state index >= 15 is 0 Å². The van der Waals surface area contributed by atoms with Gasteiger partial charge in [0.2, 0.25) is 5.91 Å². The Labute approximate surface area is 109 Å². The van der Waals surface area contributed by atoms with E-state index in [-0.39, 0.29) is 12.0 Å². The van der Waals surface area contributed by atoms with E-state index in [1.54, 1.807) is 5.51 Å². The topological polar surface area (TPSA) is 55.3 Å². The van der Waals surface area contributed by atoms with Crippen LogP contribution in [-0.2, 0) is 9.53 Å². The van der Waals surface area contributed by atoms with E-state index in [1.807, 2.05) is 4.90 Å². The lowest BCUT2D eigenvalue weighted by Gasteiger charge is -2.32. The third-order valence-electron chi connectivity index (χ3n) is 2.61. The fourth-order valence-corrected chi connectivity index (χ4v) is 3.02. The summed E-state index contributed by atoms with van der Waals surface area (Å²) in [6, 6.07) is 0. The van der Waals surface area contributed by atoms with Crippen LogP contribution in [0.5, 0.6) is 0 Å². The Bertz CT molecular complexity index is 358. The number of rotatable bonds is 4. The molecule has 1 amide bonds. The van der Waals surface area contributed by atoms with Crippen molar-refractivity contribution < 1.29 is 9.53 Å². The first kappa shape index (κ1) is 12.8. The van der Waals surface area contributed by atoms with Crippen molar-refractivity contribution in [1.82, 2.24) is 15.1 Å². The van der Waals surface area contributed by atoms with Gasteiger partial charge in [-0.25, -0.2) is 0 Å². The molecular weight excluding hydrogens is 258 g/mol. The fraction of sp³-hybridized carbons (Fsp3) is 0.700. The van der Waals surface area contributed by atoms with Gasteiger partial charge in [0.25, 0.3) is 0 Å². The quantitative estimate of drug-likeness (QED) is 0.773. The molecule has 5 nitrogen and oxygen atoms in total. The van der Waals surface area contributed by atoms with Crippen molar-refractivity contribution >= 4 is 29.0 Å². The van der Waals surface area contributed by atoms with Crippen LogP contribution < -0.4 is 0 Å². The van der Waals surface area contributed by atoms with Gasteiger partial charge in [-0.05, 0) is 6.42 Å². The molecule has 0 unspecified atom stereocenters. The van der Waals surface area contributed by atoms with E-state index in [2.05, 4.69) is 17.1 Å². The first-order valence-corrected chi connectivity index (χ1v) is 7.44. The molecule has 1 atom stereocenters. The zero-order valence-electron chi connectivity index (χ0n) is 9.66. The summed E-state index contributed by atoms with van der Waals surface area (Å²) < 4.78 is 6.38. The minimum Gasteiger partial charge on any atom is -0.375 e. The zero-order chi connectivity index (χ0) is 12.1. The minimum absolute atomic E-state index is 0.159. The third kappa shape index (κ3) is 3.65. The van der Waals surface area contributed by atoms with E-state index in [4.69, 9.17) is 4.74 Å². The zero-order valence-corrected chi connectivity index (χ0v) is 11.3. The van der Waals surface area contributed by atoms with Crippen molar-refractivity contribution in [1.29, 1.82) is 0 Å². The lowest BCUT2D eigenvalue weighted by molar-refractivity contribution is -0.135. The summed E-state index contributed by atoms with van der Waals surface area (Å²) in [6.07, 6.45) is 1.15. The first-order valence-electron chi connectivity index (χ1n) is 5.58. The van der Waals surface area contributed by atoms with Gasteiger partial charge < -0.3 is 9.64 Å². The molecule has 1 fully saturated rings. The van der Waals surface area contributed by atoms with E-state index < -0.39 is 0 Å². The van der Waals surface area contributed by atoms with Crippen LogP contribution in [0.15, 0.2) is 9.85 Å². The lowest BCUT2D eigenvalue weighted by Crippen LogP contribution is -2.46. The Hall–Kier alpha value is -0.660. The number of carbonyl (C=O) groups is 1. The molecule has 0 aliphatic carbocycles. The highest BCUT2D eigenvalue weighted by Crippen LogP contribution is 2.19. The second kappa shape index (κ2) is 6.32. The second-order valence-electron chi connectivity index (χ2n) is 3.73. The molecule has 7 heteroatoms. The van der Waals surface area contributed by atoms with Crippen LogP contribution >= 0.6 is 23.1 Å². The maximum Gasteiger partial charge on any atom is 0.233 e. The van der Waals surface area contributed by atoms with Crippen LogP contribution in [0.4, 0.5) is 0 Å². The molecule has 1 saturated heterocycles. The van der Waals surface area contributed by atoms with E-state index in [0.717, 1.165) is 10.8 Å². The Morgan fingerprint density at radius 2 is 2.65 bits per heavy atom. The van der Waals surface area contributed by atoms with Gasteiger partial charge in [-0.2, -0.15) is 0 Å². The highest BCUT2D eigenvalue weighted by Gasteiger charge is 2.23. The van der Waals surface area contributed by atoms with Crippen molar-refractivity contribution in [2.24, 2.45) is 0 Å². The molecule has 0 bridgehead atoms. The van der Waals surface area contributed by atoms with Crippen LogP contribution in [0.1, 0.15) is 13.3 Å². The van der Waals surface area contributed by atoms with Gasteiger partial charge in [-0.3, -0.25) is 4.79 Å². The molecule has 1 aliphatic rings. The van der Waals surface area contributed by atoms with Crippen LogP contribution in [-0.4, -0.2) is 52.6 Å². The molecule has 0 spiro atoms. The van der Waals surface area contributed by atoms with Crippen LogP contribution in [0.3, 0.4) is 0 Å². The average molecular weight is 273 g/mol. The highest BCUT2D eigenvalue weighted by atomic mass is 32.2. The average Bonchev–Trinajstić information content (AvgIpc) is 2.89. The largest absolute Gasteiger partial charge is 0.375 e. The number of hydrogen-bond acceptors (Lipinski definition) is 6. The summed E-state index contributed by atoms with van der Waals surface area (Å²) in [5, 5.41) is 7.64. The number of aromatic nitrogens is 2. The van der Waals surface area contributed by atoms with Crippen molar-refractivity contribution in [3.63, 3.8) is 0 Å². The van der Waals surface area contributed by atoms with Gasteiger partial charge in [-0.1, -0.05) is 30.0 Å². The maximum atomic E-state index is 12.0. The number of morpholine rings is 1. The van der Waals surface area contributed by atoms with Gasteiger partial charge in [0.1, 0.15) is 5.51 Å². The Kier molecular flexibility index (Phi) is 4.75. The summed E-state index contributed by atoms with van der Waals surface area (Å²) in [4.78, 5) is 13.8. The Morgan fingerprint density at radius 3 is 3.35 bits per heavy atom. The second-order valence-corrected chi connectivity index (χ2v) is 5.79. The molecule has 2 rings (SSSR count). The Morgan fingerprint density at radius 1 is 1.76 bits per heavy atom. The number of nitrogens with zero attached hydrogens (tertiary/aromatic N) is 3. The normalized spacial score (nSPS) is 20.5. The van der Waals surface area contributed by atoms with Gasteiger partial charge in [-0.15, -0.1) is 10.2 Å². The molecule has 17 heavy (non-hydrogen) atoms. The van der Waals surface area contributed by atoms with Crippen molar-refractivity contribution in [3.05, 3.63) is 5.51 Å². The van der Waals surface area contributed by atoms with Gasteiger partial charge in [0.05, 0.1) is 18.5 Å². The van der Waals surface area contributed by atoms with E-state index in [0.29, 0.717) is 25.4 Å². The van der Waals surface area contributed by atoms with Gasteiger partial charge >= 0.3 is 0 Å². The van der Waals surface area contributed by atoms with E-state index in [1.165, 1.54) is 23.1 Å². The Balaban J connectivity index is 1.79. The standard InChI is InChI=1S/C10H15N3O2S2/c1-2-8-5-13(3-4-15-8)9(14)6-16-10-12-11-7-17-10/h7-8H,2-6H2,1H3/t8-/m1/s1. The van der Waals surface area contributed by atoms with Crippen molar-refractivity contribution in [2.75, 3.05) is 25.4 Å². The third-order valence-corrected chi connectivity index (χ3v) is 4.45. The van der Waals surface area contributed by atoms with Crippen LogP contribution in [0.2, 0.25) is 0 Å². The SMILES string of the molecule is CC[C@@H]1CN(C(=O)CSc2nncs2)CCO1. The predicted octanol–water partition coefficient (Wildman–Crippen LogP) is 1.27. The molecule has 1 aromatic rings. The monoisotopic (exact) mass is 273 g/mol. The van der Waals surface area contributed by atoms with Gasteiger partial charge in [0.15, 0.2) is 4.34 Å².